The minimum absolute atomic E-state index is 0.107. The van der Waals surface area contributed by atoms with Crippen LogP contribution in [0.5, 0.6) is 0 Å². The van der Waals surface area contributed by atoms with Gasteiger partial charge in [0.2, 0.25) is 5.91 Å². The van der Waals surface area contributed by atoms with Gasteiger partial charge in [-0.05, 0) is 88.6 Å². The monoisotopic (exact) mass is 848 g/mol. The van der Waals surface area contributed by atoms with E-state index in [-0.39, 0.29) is 35.2 Å². The van der Waals surface area contributed by atoms with Gasteiger partial charge in [0.15, 0.2) is 0 Å². The van der Waals surface area contributed by atoms with Gasteiger partial charge in [0.05, 0.1) is 50.1 Å². The fourth-order valence-corrected chi connectivity index (χ4v) is 9.28. The van der Waals surface area contributed by atoms with Crippen molar-refractivity contribution in [2.45, 2.75) is 70.1 Å². The molecule has 4 heterocycles. The Morgan fingerprint density at radius 1 is 0.698 bits per heavy atom. The highest BCUT2D eigenvalue weighted by molar-refractivity contribution is 5.91. The van der Waals surface area contributed by atoms with Crippen LogP contribution in [-0.2, 0) is 19.1 Å². The second-order valence-electron chi connectivity index (χ2n) is 17.4. The minimum Gasteiger partial charge on any atom is -0.453 e. The number of carbonyl (C=O) groups excluding carboxylic acids is 4. The van der Waals surface area contributed by atoms with Gasteiger partial charge >= 0.3 is 12.2 Å². The Hall–Kier alpha value is -6.96. The molecular weight excluding hydrogens is 797 g/mol. The molecule has 63 heavy (non-hydrogen) atoms. The van der Waals surface area contributed by atoms with Crippen LogP contribution in [0.4, 0.5) is 9.59 Å². The second kappa shape index (κ2) is 17.1. The van der Waals surface area contributed by atoms with Crippen molar-refractivity contribution >= 4 is 34.8 Å². The van der Waals surface area contributed by atoms with Gasteiger partial charge in [0, 0.05) is 18.7 Å². The lowest BCUT2D eigenvalue weighted by Crippen LogP contribution is -2.51. The lowest BCUT2D eigenvalue weighted by Gasteiger charge is -2.30. The molecule has 2 aliphatic heterocycles. The van der Waals surface area contributed by atoms with Crippen molar-refractivity contribution in [3.05, 3.63) is 121 Å². The number of nitrogens with zero attached hydrogens (tertiary/aromatic N) is 4. The van der Waals surface area contributed by atoms with E-state index in [4.69, 9.17) is 19.4 Å². The number of alkyl carbamates (subject to hydrolysis) is 2. The van der Waals surface area contributed by atoms with Gasteiger partial charge in [-0.15, -0.1) is 0 Å². The molecule has 4 atom stereocenters. The van der Waals surface area contributed by atoms with Crippen LogP contribution < -0.4 is 10.6 Å². The third kappa shape index (κ3) is 8.37. The first-order valence-corrected chi connectivity index (χ1v) is 21.6. The third-order valence-corrected chi connectivity index (χ3v) is 13.0. The highest BCUT2D eigenvalue weighted by Gasteiger charge is 2.55. The number of fused-ring (bicyclic) bond motifs is 1. The summed E-state index contributed by atoms with van der Waals surface area (Å²) in [5, 5.41) is 7.65. The summed E-state index contributed by atoms with van der Waals surface area (Å²) in [7, 11) is 2.59. The zero-order valence-corrected chi connectivity index (χ0v) is 35.9. The van der Waals surface area contributed by atoms with Gasteiger partial charge in [-0.2, -0.15) is 0 Å². The second-order valence-corrected chi connectivity index (χ2v) is 17.4. The lowest BCUT2D eigenvalue weighted by molar-refractivity contribution is -0.136. The summed E-state index contributed by atoms with van der Waals surface area (Å²) in [6.45, 7) is 5.06. The molecule has 1 aliphatic carbocycles. The van der Waals surface area contributed by atoms with Crippen LogP contribution in [0.25, 0.3) is 44.4 Å². The number of aromatic amines is 2. The fraction of sp³-hybridized carbons (Fsp3) is 0.347. The van der Waals surface area contributed by atoms with E-state index in [1.54, 1.807) is 4.90 Å². The Bertz CT molecular complexity index is 2650. The zero-order chi connectivity index (χ0) is 43.8. The third-order valence-electron chi connectivity index (χ3n) is 13.0. The van der Waals surface area contributed by atoms with Gasteiger partial charge < -0.3 is 39.9 Å². The quantitative estimate of drug-likeness (QED) is 0.100. The van der Waals surface area contributed by atoms with Gasteiger partial charge in [-0.1, -0.05) is 92.7 Å². The first-order chi connectivity index (χ1) is 30.5. The lowest BCUT2D eigenvalue weighted by atomic mass is 9.98. The predicted octanol–water partition coefficient (Wildman–Crippen LogP) is 8.48. The van der Waals surface area contributed by atoms with Crippen LogP contribution in [0.2, 0.25) is 0 Å². The smallest absolute Gasteiger partial charge is 0.407 e. The van der Waals surface area contributed by atoms with Crippen molar-refractivity contribution in [1.82, 2.24) is 40.4 Å². The molecule has 0 bridgehead atoms. The van der Waals surface area contributed by atoms with Crippen molar-refractivity contribution in [2.75, 3.05) is 27.3 Å². The Morgan fingerprint density at radius 3 is 1.94 bits per heavy atom. The normalized spacial score (nSPS) is 18.7. The number of imidazole rings is 2. The van der Waals surface area contributed by atoms with Crippen LogP contribution in [0.3, 0.4) is 0 Å². The largest absolute Gasteiger partial charge is 0.453 e. The maximum atomic E-state index is 14.0. The number of nitrogens with one attached hydrogen (secondary N) is 4. The van der Waals surface area contributed by atoms with E-state index in [2.05, 4.69) is 81.3 Å². The average molecular weight is 849 g/mol. The van der Waals surface area contributed by atoms with Crippen LogP contribution in [0.1, 0.15) is 81.3 Å². The van der Waals surface area contributed by atoms with E-state index < -0.39 is 24.3 Å². The molecule has 1 saturated carbocycles. The molecule has 14 nitrogen and oxygen atoms in total. The summed E-state index contributed by atoms with van der Waals surface area (Å²) in [5.41, 5.74) is 6.68. The Morgan fingerprint density at radius 2 is 1.29 bits per heavy atom. The number of rotatable bonds is 11. The van der Waals surface area contributed by atoms with Crippen LogP contribution in [-0.4, -0.2) is 87.1 Å². The first-order valence-electron chi connectivity index (χ1n) is 21.6. The van der Waals surface area contributed by atoms with Crippen molar-refractivity contribution in [3.8, 4) is 33.6 Å². The summed E-state index contributed by atoms with van der Waals surface area (Å²) in [5.74, 6) is 1.03. The number of hydrogen-bond acceptors (Lipinski definition) is 8. The first kappa shape index (κ1) is 41.4. The highest BCUT2D eigenvalue weighted by atomic mass is 16.5. The van der Waals surface area contributed by atoms with Gasteiger partial charge in [0.25, 0.3) is 5.91 Å². The summed E-state index contributed by atoms with van der Waals surface area (Å²) in [6, 6.07) is 28.3. The molecule has 1 unspecified atom stereocenters. The molecule has 4 aromatic carbocycles. The zero-order valence-electron chi connectivity index (χ0n) is 35.9. The van der Waals surface area contributed by atoms with Gasteiger partial charge in [0.1, 0.15) is 23.7 Å². The Balaban J connectivity index is 0.882. The number of amides is 4. The standard InChI is InChI=1S/C49H52N8O6/c1-29(2)41(54-47(60)62-3)45(58)57-28-49(20-21-49)25-40(57)44-51-26-37(52-44)31-14-12-30(13-15-31)33-16-17-35-24-36(19-18-34(35)23-33)38-27-50-43(53-38)39-11-8-22-56(39)46(59)42(55-48(61)63-4)32-9-6-5-7-10-32/h5-7,9-10,12-19,23-24,26-27,29,39-42H,8,11,20-22,25,28H2,1-4H3,(H,50,53)(H,51,52)(H,54,60)(H,55,61)/t39-,40?,41-,42+/m0/s1. The van der Waals surface area contributed by atoms with Crippen molar-refractivity contribution < 1.29 is 28.7 Å². The Labute approximate surface area is 365 Å². The Kier molecular flexibility index (Phi) is 11.2. The molecule has 4 amide bonds. The number of ether oxygens (including phenoxy) is 2. The van der Waals surface area contributed by atoms with E-state index in [1.807, 2.05) is 61.5 Å². The minimum atomic E-state index is -0.881. The maximum Gasteiger partial charge on any atom is 0.407 e. The van der Waals surface area contributed by atoms with E-state index >= 15 is 0 Å². The van der Waals surface area contributed by atoms with E-state index in [0.29, 0.717) is 24.5 Å². The van der Waals surface area contributed by atoms with Gasteiger partial charge in [-0.3, -0.25) is 9.59 Å². The number of hydrogen-bond donors (Lipinski definition) is 4. The molecule has 324 valence electrons. The maximum absolute atomic E-state index is 14.0. The topological polar surface area (TPSA) is 175 Å². The molecule has 1 spiro atoms. The number of benzene rings is 4. The molecule has 14 heteroatoms. The molecule has 3 aliphatic rings. The summed E-state index contributed by atoms with van der Waals surface area (Å²) < 4.78 is 9.66. The fourth-order valence-electron chi connectivity index (χ4n) is 9.28. The predicted molar refractivity (Wildman–Crippen MR) is 238 cm³/mol. The number of carbonyl (C=O) groups is 4. The molecule has 3 fully saturated rings. The van der Waals surface area contributed by atoms with E-state index in [9.17, 15) is 19.2 Å². The molecule has 9 rings (SSSR count). The van der Waals surface area contributed by atoms with Gasteiger partial charge in [-0.25, -0.2) is 19.6 Å². The SMILES string of the molecule is COC(=O)N[C@H](C(=O)N1CC2(CC2)CC1c1ncc(-c2ccc(-c3ccc4cc(-c5cnc([C@@H]6CCCN6C(=O)[C@H](NC(=O)OC)c6ccccc6)[nH]5)ccc4c3)cc2)[nH]1)C(C)C. The summed E-state index contributed by atoms with van der Waals surface area (Å²) in [4.78, 5) is 72.5. The van der Waals surface area contributed by atoms with Crippen molar-refractivity contribution in [1.29, 1.82) is 0 Å². The van der Waals surface area contributed by atoms with Crippen molar-refractivity contribution in [2.24, 2.45) is 11.3 Å². The number of H-pyrrole nitrogens is 2. The molecule has 2 aromatic heterocycles. The molecule has 6 aromatic rings. The molecule has 4 N–H and O–H groups in total. The summed E-state index contributed by atoms with van der Waals surface area (Å²) in [6.07, 6.45) is 6.96. The van der Waals surface area contributed by atoms with Crippen LogP contribution in [0, 0.1) is 11.3 Å². The highest BCUT2D eigenvalue weighted by Crippen LogP contribution is 2.58. The van der Waals surface area contributed by atoms with Crippen LogP contribution in [0.15, 0.2) is 103 Å². The summed E-state index contributed by atoms with van der Waals surface area (Å²) >= 11 is 0. The molecule has 0 radical (unpaired) electrons. The number of aromatic nitrogens is 4. The van der Waals surface area contributed by atoms with Crippen molar-refractivity contribution in [3.63, 3.8) is 0 Å². The number of likely N-dealkylation sites (tertiary alicyclic amines) is 2. The number of methoxy groups -OCH3 is 2. The van der Waals surface area contributed by atoms with E-state index in [1.165, 1.54) is 14.2 Å². The van der Waals surface area contributed by atoms with E-state index in [0.717, 1.165) is 82.3 Å². The molecule has 2 saturated heterocycles. The molecular formula is C49H52N8O6. The van der Waals surface area contributed by atoms with Crippen LogP contribution >= 0.6 is 0 Å². The average Bonchev–Trinajstić information content (AvgIpc) is 3.85.